The summed E-state index contributed by atoms with van der Waals surface area (Å²) in [7, 11) is 0. The van der Waals surface area contributed by atoms with Crippen molar-refractivity contribution in [3.8, 4) is 0 Å². The highest BCUT2D eigenvalue weighted by molar-refractivity contribution is 6.35. The third kappa shape index (κ3) is 4.50. The van der Waals surface area contributed by atoms with E-state index >= 15 is 0 Å². The highest BCUT2D eigenvalue weighted by Gasteiger charge is 2.14. The van der Waals surface area contributed by atoms with Gasteiger partial charge in [-0.1, -0.05) is 47.5 Å². The highest BCUT2D eigenvalue weighted by Crippen LogP contribution is 2.20. The largest absolute Gasteiger partial charge is 0.348 e. The Morgan fingerprint density at radius 1 is 1.00 bits per heavy atom. The van der Waals surface area contributed by atoms with E-state index in [2.05, 4.69) is 22.3 Å². The van der Waals surface area contributed by atoms with E-state index in [4.69, 9.17) is 23.2 Å². The smallest absolute Gasteiger partial charge is 0.251 e. The predicted octanol–water partition coefficient (Wildman–Crippen LogP) is 4.52. The maximum atomic E-state index is 12.3. The number of hydrogen-bond donors (Lipinski definition) is 1. The molecule has 0 aliphatic carbocycles. The first-order chi connectivity index (χ1) is 11.6. The molecule has 1 saturated heterocycles. The highest BCUT2D eigenvalue weighted by atomic mass is 35.5. The van der Waals surface area contributed by atoms with Crippen LogP contribution in [0.1, 0.15) is 34.3 Å². The lowest BCUT2D eigenvalue weighted by atomic mass is 10.1. The van der Waals surface area contributed by atoms with Crippen LogP contribution in [0.15, 0.2) is 42.5 Å². The molecule has 2 aromatic carbocycles. The van der Waals surface area contributed by atoms with Crippen molar-refractivity contribution in [2.75, 3.05) is 13.1 Å². The van der Waals surface area contributed by atoms with E-state index in [1.807, 2.05) is 12.1 Å². The molecule has 1 fully saturated rings. The van der Waals surface area contributed by atoms with Gasteiger partial charge in [-0.2, -0.15) is 0 Å². The molecular formula is C19H20Cl2N2O. The Balaban J connectivity index is 1.66. The molecule has 1 N–H and O–H groups in total. The minimum atomic E-state index is -0.171. The summed E-state index contributed by atoms with van der Waals surface area (Å²) < 4.78 is 0. The van der Waals surface area contributed by atoms with Crippen LogP contribution in [-0.4, -0.2) is 23.9 Å². The summed E-state index contributed by atoms with van der Waals surface area (Å²) in [5.41, 5.74) is 2.89. The van der Waals surface area contributed by atoms with E-state index in [0.717, 1.165) is 25.2 Å². The molecule has 0 atom stereocenters. The van der Waals surface area contributed by atoms with Crippen LogP contribution in [0.2, 0.25) is 10.0 Å². The van der Waals surface area contributed by atoms with Crippen molar-refractivity contribution in [3.63, 3.8) is 0 Å². The zero-order valence-corrected chi connectivity index (χ0v) is 14.9. The molecule has 126 valence electrons. The van der Waals surface area contributed by atoms with E-state index in [0.29, 0.717) is 22.2 Å². The van der Waals surface area contributed by atoms with E-state index < -0.39 is 0 Å². The Hall–Kier alpha value is -1.55. The first kappa shape index (κ1) is 17.3. The summed E-state index contributed by atoms with van der Waals surface area (Å²) in [6.07, 6.45) is 2.54. The Labute approximate surface area is 152 Å². The second kappa shape index (κ2) is 8.02. The van der Waals surface area contributed by atoms with Crippen LogP contribution in [0.3, 0.4) is 0 Å². The molecule has 1 heterocycles. The Bertz CT molecular complexity index is 707. The molecule has 3 nitrogen and oxygen atoms in total. The molecular weight excluding hydrogens is 343 g/mol. The van der Waals surface area contributed by atoms with Crippen LogP contribution in [0.25, 0.3) is 0 Å². The average Bonchev–Trinajstić information content (AvgIpc) is 3.06. The number of amides is 1. The molecule has 0 bridgehead atoms. The second-order valence-electron chi connectivity index (χ2n) is 6.09. The molecule has 24 heavy (non-hydrogen) atoms. The monoisotopic (exact) mass is 362 g/mol. The third-order valence-corrected chi connectivity index (χ3v) is 4.71. The van der Waals surface area contributed by atoms with Crippen LogP contribution in [0, 0.1) is 0 Å². The predicted molar refractivity (Wildman–Crippen MR) is 98.6 cm³/mol. The summed E-state index contributed by atoms with van der Waals surface area (Å²) in [6.45, 7) is 3.74. The molecule has 5 heteroatoms. The molecule has 0 spiro atoms. The molecule has 0 aromatic heterocycles. The van der Waals surface area contributed by atoms with Gasteiger partial charge in [-0.25, -0.2) is 0 Å². The van der Waals surface area contributed by atoms with E-state index in [-0.39, 0.29) is 5.91 Å². The lowest BCUT2D eigenvalue weighted by Crippen LogP contribution is -2.25. The Morgan fingerprint density at radius 2 is 1.62 bits per heavy atom. The van der Waals surface area contributed by atoms with Crippen LogP contribution in [0.5, 0.6) is 0 Å². The van der Waals surface area contributed by atoms with Crippen molar-refractivity contribution in [1.82, 2.24) is 10.2 Å². The van der Waals surface area contributed by atoms with E-state index in [1.54, 1.807) is 18.2 Å². The summed E-state index contributed by atoms with van der Waals surface area (Å²) >= 11 is 11.9. The van der Waals surface area contributed by atoms with Crippen LogP contribution < -0.4 is 5.32 Å². The van der Waals surface area contributed by atoms with Gasteiger partial charge in [0.1, 0.15) is 0 Å². The molecule has 0 saturated carbocycles. The normalized spacial score (nSPS) is 14.8. The van der Waals surface area contributed by atoms with Gasteiger partial charge in [0.15, 0.2) is 0 Å². The number of rotatable bonds is 5. The number of benzene rings is 2. The molecule has 1 amide bonds. The quantitative estimate of drug-likeness (QED) is 0.847. The zero-order valence-electron chi connectivity index (χ0n) is 13.4. The van der Waals surface area contributed by atoms with Crippen molar-refractivity contribution in [3.05, 3.63) is 69.2 Å². The standard InChI is InChI=1S/C19H20Cl2N2O/c20-17-9-16(10-18(21)11-17)19(24)22-12-14-5-1-2-6-15(14)13-23-7-3-4-8-23/h1-2,5-6,9-11H,3-4,7-8,12-13H2,(H,22,24). The number of likely N-dealkylation sites (tertiary alicyclic amines) is 1. The third-order valence-electron chi connectivity index (χ3n) is 4.28. The van der Waals surface area contributed by atoms with Crippen molar-refractivity contribution in [2.24, 2.45) is 0 Å². The molecule has 2 aromatic rings. The van der Waals surface area contributed by atoms with Gasteiger partial charge in [0, 0.05) is 28.7 Å². The molecule has 0 radical (unpaired) electrons. The van der Waals surface area contributed by atoms with Gasteiger partial charge in [0.25, 0.3) is 5.91 Å². The number of carbonyl (C=O) groups excluding carboxylic acids is 1. The Morgan fingerprint density at radius 3 is 2.29 bits per heavy atom. The van der Waals surface area contributed by atoms with Gasteiger partial charge in [0.05, 0.1) is 0 Å². The minimum absolute atomic E-state index is 0.171. The van der Waals surface area contributed by atoms with Gasteiger partial charge >= 0.3 is 0 Å². The SMILES string of the molecule is O=C(NCc1ccccc1CN1CCCC1)c1cc(Cl)cc(Cl)c1. The van der Waals surface area contributed by atoms with Gasteiger partial charge in [0.2, 0.25) is 0 Å². The fourth-order valence-electron chi connectivity index (χ4n) is 3.03. The molecule has 1 aliphatic rings. The van der Waals surface area contributed by atoms with Gasteiger partial charge in [-0.3, -0.25) is 9.69 Å². The fourth-order valence-corrected chi connectivity index (χ4v) is 3.55. The lowest BCUT2D eigenvalue weighted by molar-refractivity contribution is 0.0950. The first-order valence-electron chi connectivity index (χ1n) is 8.15. The van der Waals surface area contributed by atoms with Gasteiger partial charge < -0.3 is 5.32 Å². The number of carbonyl (C=O) groups is 1. The van der Waals surface area contributed by atoms with Crippen molar-refractivity contribution < 1.29 is 4.79 Å². The lowest BCUT2D eigenvalue weighted by Gasteiger charge is -2.17. The van der Waals surface area contributed by atoms with Crippen molar-refractivity contribution in [1.29, 1.82) is 0 Å². The fraction of sp³-hybridized carbons (Fsp3) is 0.316. The number of halogens is 2. The van der Waals surface area contributed by atoms with Crippen molar-refractivity contribution in [2.45, 2.75) is 25.9 Å². The average molecular weight is 363 g/mol. The van der Waals surface area contributed by atoms with Gasteiger partial charge in [-0.05, 0) is 55.3 Å². The van der Waals surface area contributed by atoms with Crippen molar-refractivity contribution >= 4 is 29.1 Å². The topological polar surface area (TPSA) is 32.3 Å². The number of hydrogen-bond acceptors (Lipinski definition) is 2. The summed E-state index contributed by atoms with van der Waals surface area (Å²) in [4.78, 5) is 14.8. The van der Waals surface area contributed by atoms with Gasteiger partial charge in [-0.15, -0.1) is 0 Å². The number of nitrogens with zero attached hydrogens (tertiary/aromatic N) is 1. The zero-order chi connectivity index (χ0) is 16.9. The summed E-state index contributed by atoms with van der Waals surface area (Å²) in [6, 6.07) is 13.1. The summed E-state index contributed by atoms with van der Waals surface area (Å²) in [5.74, 6) is -0.171. The maximum Gasteiger partial charge on any atom is 0.251 e. The summed E-state index contributed by atoms with van der Waals surface area (Å²) in [5, 5.41) is 3.88. The van der Waals surface area contributed by atoms with Crippen LogP contribution in [-0.2, 0) is 13.1 Å². The molecule has 1 aliphatic heterocycles. The maximum absolute atomic E-state index is 12.3. The van der Waals surface area contributed by atoms with Crippen LogP contribution in [0.4, 0.5) is 0 Å². The Kier molecular flexibility index (Phi) is 5.77. The van der Waals surface area contributed by atoms with Crippen LogP contribution >= 0.6 is 23.2 Å². The molecule has 0 unspecified atom stereocenters. The second-order valence-corrected chi connectivity index (χ2v) is 6.97. The minimum Gasteiger partial charge on any atom is -0.348 e. The molecule has 3 rings (SSSR count). The van der Waals surface area contributed by atoms with E-state index in [1.165, 1.54) is 18.4 Å². The van der Waals surface area contributed by atoms with E-state index in [9.17, 15) is 4.79 Å². The number of nitrogens with one attached hydrogen (secondary N) is 1. The first-order valence-corrected chi connectivity index (χ1v) is 8.91.